The number of H-pyrrole nitrogens is 1. The first-order valence-electron chi connectivity index (χ1n) is 7.24. The van der Waals surface area contributed by atoms with Crippen LogP contribution >= 0.6 is 0 Å². The van der Waals surface area contributed by atoms with Crippen molar-refractivity contribution in [3.05, 3.63) is 78.9 Å². The predicted molar refractivity (Wildman–Crippen MR) is 96.4 cm³/mol. The van der Waals surface area contributed by atoms with E-state index < -0.39 is 0 Å². The first-order valence-corrected chi connectivity index (χ1v) is 7.65. The Hall–Kier alpha value is -2.96. The Morgan fingerprint density at radius 2 is 1.43 bits per heavy atom. The van der Waals surface area contributed by atoms with E-state index in [2.05, 4.69) is 96.5 Å². The minimum atomic E-state index is 1.17. The number of aromatic nitrogens is 1. The predicted octanol–water partition coefficient (Wildman–Crippen LogP) is 4.49. The Bertz CT molecular complexity index is 988. The summed E-state index contributed by atoms with van der Waals surface area (Å²) in [5.74, 6) is 0. The standard InChI is InChI=1S/C19H13N.CHNS/c1-2-7-14(8-3-1)16-10-6-12-19-17(16)13-15-9-4-5-11-18(15)20-19;2-1-3/h1-13H;3H. The largest absolute Gasteiger partial charge is 0.696 e. The molecule has 0 aliphatic heterocycles. The number of nitrogens with one attached hydrogen (secondary N) is 1. The van der Waals surface area contributed by atoms with Crippen LogP contribution in [0.5, 0.6) is 0 Å². The van der Waals surface area contributed by atoms with Crippen LogP contribution in [0.15, 0.2) is 78.9 Å². The zero-order valence-electron chi connectivity index (χ0n) is 12.4. The summed E-state index contributed by atoms with van der Waals surface area (Å²) in [6, 6.07) is 27.6. The topological polar surface area (TPSA) is 37.9 Å². The van der Waals surface area contributed by atoms with Gasteiger partial charge >= 0.3 is 0 Å². The molecule has 0 unspecified atom stereocenters. The van der Waals surface area contributed by atoms with Gasteiger partial charge in [0, 0.05) is 17.5 Å². The number of fused-ring (bicyclic) bond motifs is 2. The van der Waals surface area contributed by atoms with Crippen LogP contribution < -0.4 is 4.98 Å². The molecule has 0 bridgehead atoms. The lowest BCUT2D eigenvalue weighted by Crippen LogP contribution is -2.05. The molecule has 1 heterocycles. The fraction of sp³-hybridized carbons (Fsp3) is 0. The lowest BCUT2D eigenvalue weighted by Gasteiger charge is -2.04. The average Bonchev–Trinajstić information content (AvgIpc) is 2.61. The van der Waals surface area contributed by atoms with Crippen LogP contribution in [0.2, 0.25) is 0 Å². The summed E-state index contributed by atoms with van der Waals surface area (Å²) >= 11 is 3.70. The van der Waals surface area contributed by atoms with E-state index in [-0.39, 0.29) is 0 Å². The smallest absolute Gasteiger partial charge is 0.211 e. The number of hydrogen-bond acceptors (Lipinski definition) is 2. The van der Waals surface area contributed by atoms with E-state index >= 15 is 0 Å². The molecule has 0 saturated carbocycles. The van der Waals surface area contributed by atoms with Gasteiger partial charge in [-0.2, -0.15) is 0 Å². The van der Waals surface area contributed by atoms with Crippen molar-refractivity contribution < 1.29 is 4.98 Å². The molecule has 110 valence electrons. The summed E-state index contributed by atoms with van der Waals surface area (Å²) in [6.07, 6.45) is 0. The van der Waals surface area contributed by atoms with Gasteiger partial charge in [0.05, 0.1) is 5.39 Å². The number of pyridine rings is 1. The minimum absolute atomic E-state index is 1.17. The average molecular weight is 314 g/mol. The molecular formula is C20H14N2S. The molecule has 3 aromatic carbocycles. The second kappa shape index (κ2) is 6.87. The maximum atomic E-state index is 7.13. The molecule has 4 rings (SSSR count). The Labute approximate surface area is 140 Å². The summed E-state index contributed by atoms with van der Waals surface area (Å²) in [5.41, 5.74) is 4.86. The molecule has 1 N–H and O–H groups in total. The van der Waals surface area contributed by atoms with E-state index in [0.29, 0.717) is 0 Å². The number of nitriles is 1. The Kier molecular flexibility index (Phi) is 4.46. The van der Waals surface area contributed by atoms with E-state index in [9.17, 15) is 0 Å². The zero-order valence-corrected chi connectivity index (χ0v) is 13.2. The van der Waals surface area contributed by atoms with Crippen LogP contribution in [-0.4, -0.2) is 0 Å². The number of aromatic amines is 1. The lowest BCUT2D eigenvalue weighted by molar-refractivity contribution is -0.310. The van der Waals surface area contributed by atoms with E-state index in [1.807, 2.05) is 0 Å². The van der Waals surface area contributed by atoms with Gasteiger partial charge in [-0.25, -0.2) is 10.2 Å². The number of rotatable bonds is 1. The van der Waals surface area contributed by atoms with Crippen molar-refractivity contribution in [2.45, 2.75) is 0 Å². The van der Waals surface area contributed by atoms with Crippen molar-refractivity contribution >= 4 is 34.4 Å². The molecule has 4 aromatic rings. The van der Waals surface area contributed by atoms with Crippen molar-refractivity contribution in [2.75, 3.05) is 0 Å². The van der Waals surface area contributed by atoms with E-state index in [1.165, 1.54) is 38.3 Å². The molecule has 2 nitrogen and oxygen atoms in total. The summed E-state index contributed by atoms with van der Waals surface area (Å²) in [4.78, 5) is 3.52. The molecule has 0 amide bonds. The van der Waals surface area contributed by atoms with Gasteiger partial charge < -0.3 is 12.6 Å². The van der Waals surface area contributed by atoms with E-state index in [4.69, 9.17) is 5.26 Å². The van der Waals surface area contributed by atoms with Crippen molar-refractivity contribution in [3.63, 3.8) is 0 Å². The molecule has 0 saturated heterocycles. The molecule has 0 spiro atoms. The van der Waals surface area contributed by atoms with Crippen LogP contribution in [0.3, 0.4) is 0 Å². The molecule has 23 heavy (non-hydrogen) atoms. The Balaban J connectivity index is 0.000000485. The molecule has 0 aliphatic carbocycles. The van der Waals surface area contributed by atoms with E-state index in [0.717, 1.165) is 0 Å². The van der Waals surface area contributed by atoms with Gasteiger partial charge in [-0.1, -0.05) is 60.0 Å². The number of benzene rings is 3. The van der Waals surface area contributed by atoms with Gasteiger partial charge in [-0.3, -0.25) is 0 Å². The first-order chi connectivity index (χ1) is 11.3. The minimum Gasteiger partial charge on any atom is -0.696 e. The normalized spacial score (nSPS) is 9.87. The fourth-order valence-electron chi connectivity index (χ4n) is 2.74. The summed E-state index contributed by atoms with van der Waals surface area (Å²) in [5, 5.41) is 11.0. The van der Waals surface area contributed by atoms with Crippen LogP contribution in [-0.2, 0) is 12.6 Å². The first kappa shape index (κ1) is 15.0. The number of nitrogens with zero attached hydrogens (tertiary/aromatic N) is 1. The van der Waals surface area contributed by atoms with Crippen molar-refractivity contribution in [1.29, 1.82) is 5.26 Å². The second-order valence-electron chi connectivity index (χ2n) is 5.08. The molecule has 0 aliphatic rings. The van der Waals surface area contributed by atoms with Gasteiger partial charge in [-0.15, -0.1) is 0 Å². The van der Waals surface area contributed by atoms with Gasteiger partial charge in [0.25, 0.3) is 0 Å². The number of hydrogen-bond donors (Lipinski definition) is 0. The number of para-hydroxylation sites is 1. The molecule has 0 fully saturated rings. The fourth-order valence-corrected chi connectivity index (χ4v) is 2.74. The summed E-state index contributed by atoms with van der Waals surface area (Å²) < 4.78 is 0. The molecule has 3 heteroatoms. The number of thiocyanates is 1. The van der Waals surface area contributed by atoms with E-state index in [1.54, 1.807) is 0 Å². The van der Waals surface area contributed by atoms with Crippen LogP contribution in [0.1, 0.15) is 0 Å². The maximum Gasteiger partial charge on any atom is 0.211 e. The van der Waals surface area contributed by atoms with Crippen molar-refractivity contribution in [3.8, 4) is 16.5 Å². The highest BCUT2D eigenvalue weighted by molar-refractivity contribution is 7.64. The highest BCUT2D eigenvalue weighted by atomic mass is 32.1. The Morgan fingerprint density at radius 1 is 0.783 bits per heavy atom. The molecule has 1 aromatic heterocycles. The second-order valence-corrected chi connectivity index (χ2v) is 5.26. The third-order valence-electron chi connectivity index (χ3n) is 3.72. The highest BCUT2D eigenvalue weighted by Gasteiger charge is 2.10. The van der Waals surface area contributed by atoms with Crippen LogP contribution in [0, 0.1) is 10.7 Å². The lowest BCUT2D eigenvalue weighted by atomic mass is 9.99. The zero-order chi connectivity index (χ0) is 16.1. The molecular weight excluding hydrogens is 300 g/mol. The SMILES string of the molecule is N#C[S-].c1ccc(-c2cccc3[nH+]c4ccccc4cc23)cc1. The van der Waals surface area contributed by atoms with Gasteiger partial charge in [0.2, 0.25) is 11.0 Å². The van der Waals surface area contributed by atoms with Gasteiger partial charge in [0.1, 0.15) is 0 Å². The van der Waals surface area contributed by atoms with Crippen molar-refractivity contribution in [1.82, 2.24) is 0 Å². The Morgan fingerprint density at radius 3 is 2.22 bits per heavy atom. The van der Waals surface area contributed by atoms with Gasteiger partial charge in [0.15, 0.2) is 0 Å². The van der Waals surface area contributed by atoms with Crippen molar-refractivity contribution in [2.24, 2.45) is 0 Å². The maximum absolute atomic E-state index is 7.13. The van der Waals surface area contributed by atoms with Crippen LogP contribution in [0.25, 0.3) is 32.9 Å². The highest BCUT2D eigenvalue weighted by Crippen LogP contribution is 2.28. The third-order valence-corrected chi connectivity index (χ3v) is 3.72. The van der Waals surface area contributed by atoms with Gasteiger partial charge in [-0.05, 0) is 23.3 Å². The molecule has 0 atom stereocenters. The quantitative estimate of drug-likeness (QED) is 0.295. The summed E-state index contributed by atoms with van der Waals surface area (Å²) in [7, 11) is 0. The summed E-state index contributed by atoms with van der Waals surface area (Å²) in [6.45, 7) is 0. The monoisotopic (exact) mass is 314 g/mol. The molecule has 0 radical (unpaired) electrons. The van der Waals surface area contributed by atoms with Crippen LogP contribution in [0.4, 0.5) is 0 Å². The third kappa shape index (κ3) is 3.13.